The molecule has 0 fully saturated rings. The van der Waals surface area contributed by atoms with E-state index in [2.05, 4.69) is 28.1 Å². The molecule has 1 heterocycles. The van der Waals surface area contributed by atoms with E-state index in [0.717, 1.165) is 11.2 Å². The molecule has 3 rings (SSSR count). The highest BCUT2D eigenvalue weighted by Crippen LogP contribution is 2.20. The number of aromatic nitrogens is 1. The van der Waals surface area contributed by atoms with E-state index < -0.39 is 10.0 Å². The van der Waals surface area contributed by atoms with Gasteiger partial charge in [-0.25, -0.2) is 13.6 Å². The molecule has 2 aromatic carbocycles. The minimum Gasteiger partial charge on any atom is -0.492 e. The summed E-state index contributed by atoms with van der Waals surface area (Å²) < 4.78 is 28.1. The fourth-order valence-corrected chi connectivity index (χ4v) is 2.94. The molecule has 3 aromatic rings. The Morgan fingerprint density at radius 1 is 1.12 bits per heavy atom. The summed E-state index contributed by atoms with van der Waals surface area (Å²) in [6.45, 7) is 1.18. The number of hydrogen-bond acceptors (Lipinski definition) is 4. The van der Waals surface area contributed by atoms with Crippen molar-refractivity contribution in [1.29, 1.82) is 0 Å². The minimum atomic E-state index is -3.67. The van der Waals surface area contributed by atoms with Gasteiger partial charge in [-0.1, -0.05) is 6.07 Å². The molecule has 0 saturated heterocycles. The van der Waals surface area contributed by atoms with Gasteiger partial charge in [0.05, 0.1) is 11.4 Å². The molecule has 0 aliphatic carbocycles. The van der Waals surface area contributed by atoms with Gasteiger partial charge >= 0.3 is 0 Å². The maximum Gasteiger partial charge on any atom is 0.238 e. The molecule has 0 saturated carbocycles. The average molecular weight is 345 g/mol. The summed E-state index contributed by atoms with van der Waals surface area (Å²) in [6, 6.07) is 14.3. The molecular weight excluding hydrogens is 326 g/mol. The first kappa shape index (κ1) is 16.4. The third-order valence-corrected chi connectivity index (χ3v) is 4.76. The van der Waals surface area contributed by atoms with Crippen LogP contribution in [0.15, 0.2) is 59.6 Å². The molecule has 0 bridgehead atoms. The topological polar surface area (TPSA) is 88.4 Å². The summed E-state index contributed by atoms with van der Waals surface area (Å²) in [5.74, 6) is 0.607. The van der Waals surface area contributed by atoms with Gasteiger partial charge in [0.25, 0.3) is 0 Å². The number of nitrogens with one attached hydrogen (secondary N) is 1. The normalized spacial score (nSPS) is 11.6. The summed E-state index contributed by atoms with van der Waals surface area (Å²) in [5.41, 5.74) is 2.19. The van der Waals surface area contributed by atoms with Gasteiger partial charge in [0.1, 0.15) is 12.4 Å². The SMILES string of the molecule is CN(CCOc1ccc(S(N)(=O)=O)cc1)c1ccc2cc[nH]c2c1. The van der Waals surface area contributed by atoms with E-state index in [-0.39, 0.29) is 4.90 Å². The van der Waals surface area contributed by atoms with Gasteiger partial charge in [0.15, 0.2) is 0 Å². The number of anilines is 1. The lowest BCUT2D eigenvalue weighted by Crippen LogP contribution is -2.23. The predicted molar refractivity (Wildman–Crippen MR) is 94.9 cm³/mol. The Labute approximate surface area is 140 Å². The maximum atomic E-state index is 11.2. The fraction of sp³-hybridized carbons (Fsp3) is 0.176. The number of likely N-dealkylation sites (N-methyl/N-ethyl adjacent to an activating group) is 1. The zero-order chi connectivity index (χ0) is 17.2. The van der Waals surface area contributed by atoms with Crippen LogP contribution in [0.2, 0.25) is 0 Å². The van der Waals surface area contributed by atoms with Crippen LogP contribution in [-0.2, 0) is 10.0 Å². The lowest BCUT2D eigenvalue weighted by atomic mass is 10.2. The molecule has 7 heteroatoms. The van der Waals surface area contributed by atoms with E-state index in [9.17, 15) is 8.42 Å². The molecule has 24 heavy (non-hydrogen) atoms. The van der Waals surface area contributed by atoms with Crippen molar-refractivity contribution in [3.63, 3.8) is 0 Å². The van der Waals surface area contributed by atoms with Gasteiger partial charge in [-0.05, 0) is 47.9 Å². The van der Waals surface area contributed by atoms with Gasteiger partial charge in [-0.2, -0.15) is 0 Å². The molecule has 126 valence electrons. The molecule has 0 atom stereocenters. The van der Waals surface area contributed by atoms with Crippen LogP contribution < -0.4 is 14.8 Å². The summed E-state index contributed by atoms with van der Waals surface area (Å²) in [7, 11) is -1.67. The Hall–Kier alpha value is -2.51. The third-order valence-electron chi connectivity index (χ3n) is 3.83. The summed E-state index contributed by atoms with van der Waals surface area (Å²) in [5, 5.41) is 6.24. The van der Waals surface area contributed by atoms with Crippen LogP contribution >= 0.6 is 0 Å². The second-order valence-corrected chi connectivity index (χ2v) is 7.10. The Kier molecular flexibility index (Phi) is 4.46. The van der Waals surface area contributed by atoms with Gasteiger partial charge < -0.3 is 14.6 Å². The molecule has 0 unspecified atom stereocenters. The first-order valence-corrected chi connectivity index (χ1v) is 9.02. The summed E-state index contributed by atoms with van der Waals surface area (Å²) in [4.78, 5) is 5.37. The smallest absolute Gasteiger partial charge is 0.238 e. The van der Waals surface area contributed by atoms with Crippen molar-refractivity contribution >= 4 is 26.6 Å². The first-order valence-electron chi connectivity index (χ1n) is 7.47. The number of hydrogen-bond donors (Lipinski definition) is 2. The van der Waals surface area contributed by atoms with Crippen molar-refractivity contribution in [2.75, 3.05) is 25.1 Å². The van der Waals surface area contributed by atoms with Gasteiger partial charge in [0.2, 0.25) is 10.0 Å². The third kappa shape index (κ3) is 3.69. The molecule has 0 spiro atoms. The summed E-state index contributed by atoms with van der Waals surface area (Å²) in [6.07, 6.45) is 1.92. The highest BCUT2D eigenvalue weighted by molar-refractivity contribution is 7.89. The standard InChI is InChI=1S/C17H19N3O3S/c1-20(14-3-2-13-8-9-19-17(13)12-14)10-11-23-15-4-6-16(7-5-15)24(18,21)22/h2-9,12,19H,10-11H2,1H3,(H2,18,21,22). The van der Waals surface area contributed by atoms with Crippen molar-refractivity contribution in [3.05, 3.63) is 54.7 Å². The number of ether oxygens (including phenoxy) is 1. The van der Waals surface area contributed by atoms with Crippen LogP contribution in [0.1, 0.15) is 0 Å². The average Bonchev–Trinajstić information content (AvgIpc) is 3.02. The van der Waals surface area contributed by atoms with Crippen LogP contribution in [0, 0.1) is 0 Å². The summed E-state index contributed by atoms with van der Waals surface area (Å²) >= 11 is 0. The van der Waals surface area contributed by atoms with Crippen LogP contribution in [0.25, 0.3) is 10.9 Å². The molecule has 6 nitrogen and oxygen atoms in total. The molecular formula is C17H19N3O3S. The van der Waals surface area contributed by atoms with Gasteiger partial charge in [-0.3, -0.25) is 0 Å². The number of rotatable bonds is 6. The number of sulfonamides is 1. The number of H-pyrrole nitrogens is 1. The maximum absolute atomic E-state index is 11.2. The van der Waals surface area contributed by atoms with Crippen molar-refractivity contribution < 1.29 is 13.2 Å². The second kappa shape index (κ2) is 6.54. The molecule has 0 radical (unpaired) electrons. The van der Waals surface area contributed by atoms with E-state index in [0.29, 0.717) is 18.9 Å². The highest BCUT2D eigenvalue weighted by Gasteiger charge is 2.07. The van der Waals surface area contributed by atoms with Crippen LogP contribution in [-0.4, -0.2) is 33.6 Å². The van der Waals surface area contributed by atoms with Gasteiger partial charge in [0, 0.05) is 24.4 Å². The van der Waals surface area contributed by atoms with Crippen molar-refractivity contribution in [2.24, 2.45) is 5.14 Å². The number of aromatic amines is 1. The number of nitrogens with zero attached hydrogens (tertiary/aromatic N) is 1. The largest absolute Gasteiger partial charge is 0.492 e. The fourth-order valence-electron chi connectivity index (χ4n) is 2.43. The van der Waals surface area contributed by atoms with E-state index >= 15 is 0 Å². The number of primary sulfonamides is 1. The van der Waals surface area contributed by atoms with Crippen LogP contribution in [0.5, 0.6) is 5.75 Å². The zero-order valence-corrected chi connectivity index (χ0v) is 14.1. The van der Waals surface area contributed by atoms with Crippen molar-refractivity contribution in [2.45, 2.75) is 4.90 Å². The number of fused-ring (bicyclic) bond motifs is 1. The molecule has 0 aliphatic heterocycles. The monoisotopic (exact) mass is 345 g/mol. The highest BCUT2D eigenvalue weighted by atomic mass is 32.2. The number of nitrogens with two attached hydrogens (primary N) is 1. The Bertz CT molecular complexity index is 933. The first-order chi connectivity index (χ1) is 11.4. The Morgan fingerprint density at radius 3 is 2.58 bits per heavy atom. The second-order valence-electron chi connectivity index (χ2n) is 5.54. The number of benzene rings is 2. The molecule has 3 N–H and O–H groups in total. The van der Waals surface area contributed by atoms with E-state index in [1.54, 1.807) is 12.1 Å². The molecule has 1 aromatic heterocycles. The zero-order valence-electron chi connectivity index (χ0n) is 13.3. The van der Waals surface area contributed by atoms with E-state index in [1.165, 1.54) is 17.5 Å². The molecule has 0 aliphatic rings. The Morgan fingerprint density at radius 2 is 1.88 bits per heavy atom. The van der Waals surface area contributed by atoms with Crippen molar-refractivity contribution in [3.8, 4) is 5.75 Å². The van der Waals surface area contributed by atoms with Crippen LogP contribution in [0.4, 0.5) is 5.69 Å². The molecule has 0 amide bonds. The predicted octanol–water partition coefficient (Wildman–Crippen LogP) is 2.33. The van der Waals surface area contributed by atoms with E-state index in [4.69, 9.17) is 9.88 Å². The quantitative estimate of drug-likeness (QED) is 0.718. The minimum absolute atomic E-state index is 0.0752. The van der Waals surface area contributed by atoms with Crippen molar-refractivity contribution in [1.82, 2.24) is 4.98 Å². The lowest BCUT2D eigenvalue weighted by Gasteiger charge is -2.19. The lowest BCUT2D eigenvalue weighted by molar-refractivity contribution is 0.326. The van der Waals surface area contributed by atoms with E-state index in [1.807, 2.05) is 19.3 Å². The van der Waals surface area contributed by atoms with Gasteiger partial charge in [-0.15, -0.1) is 0 Å². The Balaban J connectivity index is 1.57. The van der Waals surface area contributed by atoms with Crippen LogP contribution in [0.3, 0.4) is 0 Å².